The molecular formula is C9H11ClFNO. The van der Waals surface area contributed by atoms with E-state index in [9.17, 15) is 4.39 Å². The molecule has 0 fully saturated rings. The van der Waals surface area contributed by atoms with Gasteiger partial charge in [-0.15, -0.1) is 0 Å². The molecule has 1 rings (SSSR count). The molecule has 0 unspecified atom stereocenters. The summed E-state index contributed by atoms with van der Waals surface area (Å²) in [5.41, 5.74) is 5.80. The van der Waals surface area contributed by atoms with Gasteiger partial charge in [-0.1, -0.05) is 11.6 Å². The summed E-state index contributed by atoms with van der Waals surface area (Å²) in [5, 5.41) is 9.56. The molecule has 0 aliphatic carbocycles. The number of benzene rings is 1. The second-order valence-electron chi connectivity index (χ2n) is 2.93. The number of nitrogens with two attached hydrogens (primary N) is 1. The van der Waals surface area contributed by atoms with Gasteiger partial charge in [-0.05, 0) is 25.1 Å². The lowest BCUT2D eigenvalue weighted by Crippen LogP contribution is -2.24. The highest BCUT2D eigenvalue weighted by molar-refractivity contribution is 6.30. The van der Waals surface area contributed by atoms with Crippen LogP contribution in [0.3, 0.4) is 0 Å². The van der Waals surface area contributed by atoms with Crippen LogP contribution in [0.25, 0.3) is 0 Å². The molecule has 0 aliphatic rings. The van der Waals surface area contributed by atoms with E-state index in [2.05, 4.69) is 0 Å². The van der Waals surface area contributed by atoms with Crippen molar-refractivity contribution in [1.82, 2.24) is 0 Å². The Kier molecular flexibility index (Phi) is 3.25. The summed E-state index contributed by atoms with van der Waals surface area (Å²) in [5.74, 6) is -0.446. The van der Waals surface area contributed by atoms with Crippen molar-refractivity contribution in [3.8, 4) is 0 Å². The molecule has 0 saturated heterocycles. The summed E-state index contributed by atoms with van der Waals surface area (Å²) >= 11 is 5.66. The van der Waals surface area contributed by atoms with Gasteiger partial charge in [0.05, 0.1) is 12.1 Å². The normalized spacial score (nSPS) is 15.5. The number of halogens is 2. The molecule has 0 aromatic heterocycles. The Morgan fingerprint density at radius 3 is 2.69 bits per heavy atom. The maximum absolute atomic E-state index is 13.1. The highest BCUT2D eigenvalue weighted by atomic mass is 35.5. The van der Waals surface area contributed by atoms with Crippen molar-refractivity contribution in [1.29, 1.82) is 0 Å². The van der Waals surface area contributed by atoms with Gasteiger partial charge in [0.15, 0.2) is 0 Å². The van der Waals surface area contributed by atoms with Gasteiger partial charge in [0, 0.05) is 10.6 Å². The highest BCUT2D eigenvalue weighted by Crippen LogP contribution is 2.21. The van der Waals surface area contributed by atoms with E-state index in [-0.39, 0.29) is 5.56 Å². The molecule has 13 heavy (non-hydrogen) atoms. The minimum atomic E-state index is -0.798. The third-order valence-corrected chi connectivity index (χ3v) is 2.07. The standard InChI is InChI=1S/C9H11ClFNO/c1-5(13)9(12)7-4-6(10)2-3-8(7)11/h2-5,9,13H,12H2,1H3/t5-,9-/m1/s1. The fourth-order valence-electron chi connectivity index (χ4n) is 1.03. The van der Waals surface area contributed by atoms with Crippen LogP contribution < -0.4 is 5.73 Å². The first-order valence-electron chi connectivity index (χ1n) is 3.91. The predicted molar refractivity (Wildman–Crippen MR) is 50.0 cm³/mol. The monoisotopic (exact) mass is 203 g/mol. The molecule has 0 amide bonds. The summed E-state index contributed by atoms with van der Waals surface area (Å²) in [6, 6.07) is 3.36. The van der Waals surface area contributed by atoms with Crippen LogP contribution in [0.15, 0.2) is 18.2 Å². The Labute approximate surface area is 81.1 Å². The largest absolute Gasteiger partial charge is 0.391 e. The van der Waals surface area contributed by atoms with Crippen LogP contribution in [0.1, 0.15) is 18.5 Å². The minimum Gasteiger partial charge on any atom is -0.391 e. The maximum Gasteiger partial charge on any atom is 0.128 e. The molecule has 2 atom stereocenters. The molecule has 0 radical (unpaired) electrons. The fraction of sp³-hybridized carbons (Fsp3) is 0.333. The Bertz CT molecular complexity index is 304. The topological polar surface area (TPSA) is 46.2 Å². The maximum atomic E-state index is 13.1. The van der Waals surface area contributed by atoms with Crippen molar-refractivity contribution in [3.63, 3.8) is 0 Å². The van der Waals surface area contributed by atoms with Crippen molar-refractivity contribution < 1.29 is 9.50 Å². The molecule has 4 heteroatoms. The number of hydrogen-bond donors (Lipinski definition) is 2. The van der Waals surface area contributed by atoms with Gasteiger partial charge in [0.1, 0.15) is 5.82 Å². The van der Waals surface area contributed by atoms with E-state index in [4.69, 9.17) is 22.4 Å². The Morgan fingerprint density at radius 2 is 2.15 bits per heavy atom. The smallest absolute Gasteiger partial charge is 0.128 e. The average molecular weight is 204 g/mol. The van der Waals surface area contributed by atoms with Crippen LogP contribution in [0.5, 0.6) is 0 Å². The Hall–Kier alpha value is -0.640. The first-order chi connectivity index (χ1) is 6.02. The summed E-state index contributed by atoms with van der Waals surface area (Å²) < 4.78 is 13.1. The van der Waals surface area contributed by atoms with Crippen molar-refractivity contribution in [3.05, 3.63) is 34.6 Å². The number of hydrogen-bond acceptors (Lipinski definition) is 2. The van der Waals surface area contributed by atoms with Crippen molar-refractivity contribution in [2.75, 3.05) is 0 Å². The summed E-state index contributed by atoms with van der Waals surface area (Å²) in [7, 11) is 0. The molecule has 72 valence electrons. The SMILES string of the molecule is C[C@@H](O)[C@@H](N)c1cc(Cl)ccc1F. The second kappa shape index (κ2) is 4.05. The van der Waals surface area contributed by atoms with Gasteiger partial charge < -0.3 is 10.8 Å². The van der Waals surface area contributed by atoms with E-state index in [0.717, 1.165) is 0 Å². The van der Waals surface area contributed by atoms with Crippen molar-refractivity contribution in [2.24, 2.45) is 5.73 Å². The number of aliphatic hydroxyl groups excluding tert-OH is 1. The lowest BCUT2D eigenvalue weighted by Gasteiger charge is -2.15. The van der Waals surface area contributed by atoms with E-state index in [1.54, 1.807) is 0 Å². The zero-order valence-electron chi connectivity index (χ0n) is 7.17. The third kappa shape index (κ3) is 2.40. The third-order valence-electron chi connectivity index (χ3n) is 1.84. The molecule has 1 aromatic carbocycles. The molecule has 0 spiro atoms. The van der Waals surface area contributed by atoms with Crippen LogP contribution in [-0.4, -0.2) is 11.2 Å². The average Bonchev–Trinajstić information content (AvgIpc) is 2.08. The van der Waals surface area contributed by atoms with E-state index >= 15 is 0 Å². The Balaban J connectivity index is 3.05. The molecule has 0 aliphatic heterocycles. The fourth-order valence-corrected chi connectivity index (χ4v) is 1.21. The minimum absolute atomic E-state index is 0.238. The Morgan fingerprint density at radius 1 is 1.54 bits per heavy atom. The van der Waals surface area contributed by atoms with Gasteiger partial charge in [-0.3, -0.25) is 0 Å². The van der Waals surface area contributed by atoms with Crippen LogP contribution in [0, 0.1) is 5.82 Å². The molecule has 0 bridgehead atoms. The first-order valence-corrected chi connectivity index (χ1v) is 4.28. The second-order valence-corrected chi connectivity index (χ2v) is 3.37. The van der Waals surface area contributed by atoms with Crippen LogP contribution >= 0.6 is 11.6 Å². The zero-order chi connectivity index (χ0) is 10.0. The number of rotatable bonds is 2. The van der Waals surface area contributed by atoms with Gasteiger partial charge >= 0.3 is 0 Å². The van der Waals surface area contributed by atoms with Gasteiger partial charge in [-0.25, -0.2) is 4.39 Å². The van der Waals surface area contributed by atoms with Crippen LogP contribution in [0.2, 0.25) is 5.02 Å². The van der Waals surface area contributed by atoms with Crippen molar-refractivity contribution in [2.45, 2.75) is 19.1 Å². The molecule has 1 aromatic rings. The molecule has 3 N–H and O–H groups in total. The van der Waals surface area contributed by atoms with E-state index in [1.807, 2.05) is 0 Å². The van der Waals surface area contributed by atoms with Gasteiger partial charge in [-0.2, -0.15) is 0 Å². The zero-order valence-corrected chi connectivity index (χ0v) is 7.92. The van der Waals surface area contributed by atoms with Crippen molar-refractivity contribution >= 4 is 11.6 Å². The van der Waals surface area contributed by atoms with Gasteiger partial charge in [0.25, 0.3) is 0 Å². The summed E-state index contributed by atoms with van der Waals surface area (Å²) in [6.07, 6.45) is -0.798. The van der Waals surface area contributed by atoms with E-state index in [1.165, 1.54) is 25.1 Å². The highest BCUT2D eigenvalue weighted by Gasteiger charge is 2.16. The van der Waals surface area contributed by atoms with E-state index in [0.29, 0.717) is 5.02 Å². The lowest BCUT2D eigenvalue weighted by molar-refractivity contribution is 0.162. The summed E-state index contributed by atoms with van der Waals surface area (Å²) in [4.78, 5) is 0. The predicted octanol–water partition coefficient (Wildman–Crippen LogP) is 1.86. The first kappa shape index (κ1) is 10.4. The van der Waals surface area contributed by atoms with Crippen LogP contribution in [-0.2, 0) is 0 Å². The molecular weight excluding hydrogens is 193 g/mol. The van der Waals surface area contributed by atoms with Gasteiger partial charge in [0.2, 0.25) is 0 Å². The molecule has 2 nitrogen and oxygen atoms in total. The molecule has 0 heterocycles. The van der Waals surface area contributed by atoms with Crippen LogP contribution in [0.4, 0.5) is 4.39 Å². The lowest BCUT2D eigenvalue weighted by atomic mass is 10.0. The molecule has 0 saturated carbocycles. The van der Waals surface area contributed by atoms with E-state index < -0.39 is 18.0 Å². The quantitative estimate of drug-likeness (QED) is 0.771. The number of aliphatic hydroxyl groups is 1. The summed E-state index contributed by atoms with van der Waals surface area (Å²) in [6.45, 7) is 1.50.